The van der Waals surface area contributed by atoms with Crippen molar-refractivity contribution in [3.05, 3.63) is 34.5 Å². The van der Waals surface area contributed by atoms with Gasteiger partial charge in [-0.1, -0.05) is 11.6 Å². The van der Waals surface area contributed by atoms with Crippen LogP contribution in [0.3, 0.4) is 0 Å². The summed E-state index contributed by atoms with van der Waals surface area (Å²) in [7, 11) is 0. The Morgan fingerprint density at radius 2 is 1.94 bits per heavy atom. The summed E-state index contributed by atoms with van der Waals surface area (Å²) in [5.74, 6) is 0.628. The van der Waals surface area contributed by atoms with Crippen LogP contribution in [0.5, 0.6) is 0 Å². The topological polar surface area (TPSA) is 55.6 Å². The minimum absolute atomic E-state index is 0.412. The highest BCUT2D eigenvalue weighted by Crippen LogP contribution is 2.17. The highest BCUT2D eigenvalue weighted by atomic mass is 35.5. The molecule has 96 valence electrons. The lowest BCUT2D eigenvalue weighted by Crippen LogP contribution is -2.13. The standard InChI is InChI=1S/C12H16ClN5/c1-8-6-15-18(7-8)5-4-14-12-11(13)16-9(2)10(3)17-12/h6-7H,4-5H2,1-3H3,(H,14,17). The van der Waals surface area contributed by atoms with E-state index >= 15 is 0 Å². The Hall–Kier alpha value is -1.62. The van der Waals surface area contributed by atoms with Crippen LogP contribution < -0.4 is 5.32 Å². The van der Waals surface area contributed by atoms with E-state index in [-0.39, 0.29) is 0 Å². The van der Waals surface area contributed by atoms with Gasteiger partial charge in [0.05, 0.1) is 24.1 Å². The van der Waals surface area contributed by atoms with Gasteiger partial charge in [-0.3, -0.25) is 4.68 Å². The van der Waals surface area contributed by atoms with Crippen molar-refractivity contribution in [1.82, 2.24) is 19.7 Å². The first-order valence-electron chi connectivity index (χ1n) is 5.80. The van der Waals surface area contributed by atoms with E-state index in [0.29, 0.717) is 17.5 Å². The molecule has 18 heavy (non-hydrogen) atoms. The van der Waals surface area contributed by atoms with Gasteiger partial charge in [0.1, 0.15) is 0 Å². The molecule has 0 saturated heterocycles. The van der Waals surface area contributed by atoms with Gasteiger partial charge >= 0.3 is 0 Å². The van der Waals surface area contributed by atoms with Crippen LogP contribution in [0.1, 0.15) is 17.0 Å². The molecule has 6 heteroatoms. The smallest absolute Gasteiger partial charge is 0.171 e. The van der Waals surface area contributed by atoms with E-state index < -0.39 is 0 Å². The Morgan fingerprint density at radius 1 is 1.22 bits per heavy atom. The maximum Gasteiger partial charge on any atom is 0.171 e. The minimum Gasteiger partial charge on any atom is -0.366 e. The molecule has 2 heterocycles. The maximum atomic E-state index is 6.03. The van der Waals surface area contributed by atoms with E-state index in [1.165, 1.54) is 0 Å². The second-order valence-electron chi connectivity index (χ2n) is 4.24. The predicted molar refractivity (Wildman–Crippen MR) is 72.0 cm³/mol. The Morgan fingerprint density at radius 3 is 2.61 bits per heavy atom. The lowest BCUT2D eigenvalue weighted by atomic mass is 10.3. The number of rotatable bonds is 4. The summed E-state index contributed by atoms with van der Waals surface area (Å²) in [6.07, 6.45) is 3.83. The van der Waals surface area contributed by atoms with Crippen LogP contribution in [-0.4, -0.2) is 26.3 Å². The van der Waals surface area contributed by atoms with Crippen LogP contribution in [0, 0.1) is 20.8 Å². The summed E-state index contributed by atoms with van der Waals surface area (Å²) in [4.78, 5) is 8.59. The minimum atomic E-state index is 0.412. The molecule has 2 aromatic heterocycles. The van der Waals surface area contributed by atoms with Crippen LogP contribution in [0.2, 0.25) is 5.15 Å². The number of hydrogen-bond donors (Lipinski definition) is 1. The van der Waals surface area contributed by atoms with Crippen molar-refractivity contribution in [3.63, 3.8) is 0 Å². The molecular formula is C12H16ClN5. The second-order valence-corrected chi connectivity index (χ2v) is 4.60. The fourth-order valence-corrected chi connectivity index (χ4v) is 1.80. The molecule has 5 nitrogen and oxygen atoms in total. The molecule has 0 fully saturated rings. The van der Waals surface area contributed by atoms with Crippen molar-refractivity contribution < 1.29 is 0 Å². The van der Waals surface area contributed by atoms with Crippen LogP contribution >= 0.6 is 11.6 Å². The van der Waals surface area contributed by atoms with Gasteiger partial charge in [-0.25, -0.2) is 9.97 Å². The van der Waals surface area contributed by atoms with Gasteiger partial charge in [0.25, 0.3) is 0 Å². The fraction of sp³-hybridized carbons (Fsp3) is 0.417. The molecule has 0 amide bonds. The predicted octanol–water partition coefficient (Wildman–Crippen LogP) is 2.36. The zero-order chi connectivity index (χ0) is 13.1. The van der Waals surface area contributed by atoms with E-state index in [0.717, 1.165) is 23.5 Å². The number of aryl methyl sites for hydroxylation is 3. The van der Waals surface area contributed by atoms with Crippen LogP contribution in [0.4, 0.5) is 5.82 Å². The number of nitrogens with zero attached hydrogens (tertiary/aromatic N) is 4. The third-order valence-electron chi connectivity index (χ3n) is 2.66. The van der Waals surface area contributed by atoms with Gasteiger partial charge in [0.2, 0.25) is 0 Å². The zero-order valence-corrected chi connectivity index (χ0v) is 11.5. The normalized spacial score (nSPS) is 10.7. The van der Waals surface area contributed by atoms with Gasteiger partial charge < -0.3 is 5.32 Å². The van der Waals surface area contributed by atoms with Gasteiger partial charge in [-0.15, -0.1) is 0 Å². The quantitative estimate of drug-likeness (QED) is 0.922. The van der Waals surface area contributed by atoms with Gasteiger partial charge in [-0.2, -0.15) is 5.10 Å². The molecule has 0 aromatic carbocycles. The van der Waals surface area contributed by atoms with Crippen LogP contribution in [0.15, 0.2) is 12.4 Å². The summed E-state index contributed by atoms with van der Waals surface area (Å²) >= 11 is 6.03. The van der Waals surface area contributed by atoms with Crippen LogP contribution in [-0.2, 0) is 6.54 Å². The summed E-state index contributed by atoms with van der Waals surface area (Å²) in [5, 5.41) is 7.79. The summed E-state index contributed by atoms with van der Waals surface area (Å²) in [6, 6.07) is 0. The number of nitrogens with one attached hydrogen (secondary N) is 1. The third-order valence-corrected chi connectivity index (χ3v) is 2.92. The molecule has 2 rings (SSSR count). The van der Waals surface area contributed by atoms with Crippen molar-refractivity contribution >= 4 is 17.4 Å². The SMILES string of the molecule is Cc1cnn(CCNc2nc(C)c(C)nc2Cl)c1. The van der Waals surface area contributed by atoms with E-state index in [2.05, 4.69) is 20.4 Å². The summed E-state index contributed by atoms with van der Waals surface area (Å²) in [5.41, 5.74) is 2.89. The Bertz CT molecular complexity index is 549. The van der Waals surface area contributed by atoms with E-state index in [1.807, 2.05) is 37.8 Å². The molecule has 0 aliphatic rings. The average molecular weight is 266 g/mol. The van der Waals surface area contributed by atoms with Crippen molar-refractivity contribution in [2.45, 2.75) is 27.3 Å². The molecule has 0 saturated carbocycles. The van der Waals surface area contributed by atoms with Gasteiger partial charge in [0.15, 0.2) is 11.0 Å². The highest BCUT2D eigenvalue weighted by molar-refractivity contribution is 6.31. The lowest BCUT2D eigenvalue weighted by Gasteiger charge is -2.09. The largest absolute Gasteiger partial charge is 0.366 e. The van der Waals surface area contributed by atoms with Gasteiger partial charge in [0, 0.05) is 12.7 Å². The van der Waals surface area contributed by atoms with E-state index in [9.17, 15) is 0 Å². The molecule has 1 N–H and O–H groups in total. The van der Waals surface area contributed by atoms with Crippen molar-refractivity contribution in [3.8, 4) is 0 Å². The molecule has 0 atom stereocenters. The summed E-state index contributed by atoms with van der Waals surface area (Å²) < 4.78 is 1.88. The molecular weight excluding hydrogens is 250 g/mol. The Kier molecular flexibility index (Phi) is 3.81. The second kappa shape index (κ2) is 5.35. The average Bonchev–Trinajstić information content (AvgIpc) is 2.71. The first-order valence-corrected chi connectivity index (χ1v) is 6.17. The third kappa shape index (κ3) is 2.98. The Labute approximate surface area is 111 Å². The number of anilines is 1. The van der Waals surface area contributed by atoms with E-state index in [1.54, 1.807) is 0 Å². The zero-order valence-electron chi connectivity index (χ0n) is 10.7. The van der Waals surface area contributed by atoms with Gasteiger partial charge in [-0.05, 0) is 26.3 Å². The molecule has 0 radical (unpaired) electrons. The number of hydrogen-bond acceptors (Lipinski definition) is 4. The molecule has 2 aromatic rings. The van der Waals surface area contributed by atoms with Crippen molar-refractivity contribution in [2.24, 2.45) is 0 Å². The fourth-order valence-electron chi connectivity index (χ4n) is 1.57. The molecule has 0 aliphatic heterocycles. The first kappa shape index (κ1) is 12.8. The summed E-state index contributed by atoms with van der Waals surface area (Å²) in [6.45, 7) is 7.30. The van der Waals surface area contributed by atoms with Crippen molar-refractivity contribution in [1.29, 1.82) is 0 Å². The first-order chi connectivity index (χ1) is 8.56. The van der Waals surface area contributed by atoms with Crippen LogP contribution in [0.25, 0.3) is 0 Å². The molecule has 0 aliphatic carbocycles. The van der Waals surface area contributed by atoms with Crippen molar-refractivity contribution in [2.75, 3.05) is 11.9 Å². The molecule has 0 unspecified atom stereocenters. The number of halogens is 1. The number of aromatic nitrogens is 4. The monoisotopic (exact) mass is 265 g/mol. The maximum absolute atomic E-state index is 6.03. The molecule has 0 spiro atoms. The van der Waals surface area contributed by atoms with E-state index in [4.69, 9.17) is 11.6 Å². The lowest BCUT2D eigenvalue weighted by molar-refractivity contribution is 0.636. The Balaban J connectivity index is 1.96. The highest BCUT2D eigenvalue weighted by Gasteiger charge is 2.06. The molecule has 0 bridgehead atoms.